The zero-order chi connectivity index (χ0) is 22.3. The summed E-state index contributed by atoms with van der Waals surface area (Å²) in [6.07, 6.45) is -0.0396. The fourth-order valence-electron chi connectivity index (χ4n) is 4.49. The highest BCUT2D eigenvalue weighted by atomic mass is 35.6. The Labute approximate surface area is 192 Å². The molecule has 0 radical (unpaired) electrons. The molecule has 1 amide bonds. The molecule has 2 bridgehead atoms. The van der Waals surface area contributed by atoms with Crippen LogP contribution in [0.2, 0.25) is 0 Å². The Morgan fingerprint density at radius 3 is 2.61 bits per heavy atom. The Bertz CT molecular complexity index is 1080. The molecule has 1 N–H and O–H groups in total. The van der Waals surface area contributed by atoms with Crippen molar-refractivity contribution in [1.29, 1.82) is 0 Å². The van der Waals surface area contributed by atoms with Gasteiger partial charge >= 0.3 is 0 Å². The van der Waals surface area contributed by atoms with E-state index < -0.39 is 20.8 Å². The number of benzene rings is 1. The van der Waals surface area contributed by atoms with Crippen LogP contribution in [0.1, 0.15) is 28.4 Å². The first kappa shape index (κ1) is 22.1. The molecule has 1 fully saturated rings. The van der Waals surface area contributed by atoms with Crippen LogP contribution in [0.25, 0.3) is 0 Å². The van der Waals surface area contributed by atoms with E-state index in [1.54, 1.807) is 16.7 Å². The highest BCUT2D eigenvalue weighted by Crippen LogP contribution is 2.40. The molecule has 8 nitrogen and oxygen atoms in total. The number of nitro benzene ring substituents is 1. The van der Waals surface area contributed by atoms with Crippen LogP contribution in [-0.2, 0) is 6.54 Å². The Balaban J connectivity index is 1.58. The predicted octanol–water partition coefficient (Wildman–Crippen LogP) is 3.30. The van der Waals surface area contributed by atoms with Crippen LogP contribution in [-0.4, -0.2) is 43.3 Å². The van der Waals surface area contributed by atoms with Gasteiger partial charge in [-0.05, 0) is 24.5 Å². The summed E-state index contributed by atoms with van der Waals surface area (Å²) in [5.41, 5.74) is 0.800. The number of carbonyl (C=O) groups is 1. The molecular formula is C20H19Cl3N4O4. The maximum Gasteiger partial charge on any atom is 0.270 e. The number of pyridine rings is 1. The first-order chi connectivity index (χ1) is 14.6. The Morgan fingerprint density at radius 2 is 1.90 bits per heavy atom. The molecular weight excluding hydrogens is 467 g/mol. The average Bonchev–Trinajstić information content (AvgIpc) is 2.71. The largest absolute Gasteiger partial charge is 0.332 e. The third-order valence-corrected chi connectivity index (χ3v) is 6.39. The van der Waals surface area contributed by atoms with Gasteiger partial charge in [-0.25, -0.2) is 0 Å². The molecule has 11 heteroatoms. The minimum atomic E-state index is -1.83. The number of non-ortho nitro benzene ring substituents is 1. The van der Waals surface area contributed by atoms with Gasteiger partial charge in [0.15, 0.2) is 0 Å². The zero-order valence-corrected chi connectivity index (χ0v) is 18.5. The van der Waals surface area contributed by atoms with Gasteiger partial charge in [0.2, 0.25) is 3.79 Å². The number of fused-ring (bicyclic) bond motifs is 4. The van der Waals surface area contributed by atoms with Crippen molar-refractivity contribution in [2.45, 2.75) is 28.8 Å². The summed E-state index contributed by atoms with van der Waals surface area (Å²) in [5, 5.41) is 13.8. The van der Waals surface area contributed by atoms with Crippen molar-refractivity contribution in [1.82, 2.24) is 14.8 Å². The van der Waals surface area contributed by atoms with Crippen LogP contribution in [0.4, 0.5) is 5.69 Å². The maximum atomic E-state index is 12.8. The number of nitrogens with one attached hydrogen (secondary N) is 1. The molecule has 2 aliphatic rings. The number of halogens is 3. The fraction of sp³-hybridized carbons (Fsp3) is 0.400. The molecule has 0 aliphatic carbocycles. The fourth-order valence-corrected chi connectivity index (χ4v) is 5.07. The summed E-state index contributed by atoms with van der Waals surface area (Å²) < 4.78 is -0.0411. The number of hydrogen-bond donors (Lipinski definition) is 1. The van der Waals surface area contributed by atoms with E-state index >= 15 is 0 Å². The minimum Gasteiger partial charge on any atom is -0.332 e. The molecule has 1 saturated heterocycles. The summed E-state index contributed by atoms with van der Waals surface area (Å²) in [6.45, 7) is 1.59. The molecule has 0 unspecified atom stereocenters. The van der Waals surface area contributed by atoms with Crippen molar-refractivity contribution in [3.63, 3.8) is 0 Å². The predicted molar refractivity (Wildman–Crippen MR) is 118 cm³/mol. The van der Waals surface area contributed by atoms with Crippen molar-refractivity contribution >= 4 is 46.4 Å². The molecule has 0 saturated carbocycles. The molecule has 4 rings (SSSR count). The van der Waals surface area contributed by atoms with Crippen LogP contribution in [0.3, 0.4) is 0 Å². The summed E-state index contributed by atoms with van der Waals surface area (Å²) >= 11 is 18.7. The number of piperidine rings is 1. The van der Waals surface area contributed by atoms with Crippen LogP contribution < -0.4 is 10.9 Å². The molecule has 2 aliphatic heterocycles. The number of nitro groups is 1. The van der Waals surface area contributed by atoms with Gasteiger partial charge in [-0.1, -0.05) is 46.9 Å². The van der Waals surface area contributed by atoms with E-state index in [1.807, 2.05) is 11.0 Å². The molecule has 3 atom stereocenters. The van der Waals surface area contributed by atoms with Crippen molar-refractivity contribution in [2.75, 3.05) is 13.1 Å². The smallest absolute Gasteiger partial charge is 0.270 e. The number of hydrogen-bond acceptors (Lipinski definition) is 5. The second kappa shape index (κ2) is 8.43. The number of nitrogens with zero attached hydrogens (tertiary/aromatic N) is 3. The number of aromatic nitrogens is 1. The van der Waals surface area contributed by atoms with Crippen LogP contribution in [0.5, 0.6) is 0 Å². The lowest BCUT2D eigenvalue weighted by Crippen LogP contribution is -2.60. The zero-order valence-electron chi connectivity index (χ0n) is 16.2. The van der Waals surface area contributed by atoms with Gasteiger partial charge in [0, 0.05) is 55.0 Å². The van der Waals surface area contributed by atoms with Gasteiger partial charge in [-0.2, -0.15) is 0 Å². The number of likely N-dealkylation sites (tertiary alicyclic amines) is 1. The quantitative estimate of drug-likeness (QED) is 0.407. The minimum absolute atomic E-state index is 0.0300. The van der Waals surface area contributed by atoms with E-state index in [2.05, 4.69) is 5.32 Å². The maximum absolute atomic E-state index is 12.8. The summed E-state index contributed by atoms with van der Waals surface area (Å²) in [6, 6.07) is 10.6. The average molecular weight is 486 g/mol. The van der Waals surface area contributed by atoms with Crippen LogP contribution in [0, 0.1) is 16.0 Å². The van der Waals surface area contributed by atoms with E-state index in [1.165, 1.54) is 24.3 Å². The summed E-state index contributed by atoms with van der Waals surface area (Å²) in [7, 11) is 0. The second-order valence-electron chi connectivity index (χ2n) is 7.88. The number of amides is 1. The third-order valence-electron chi connectivity index (χ3n) is 5.77. The van der Waals surface area contributed by atoms with Gasteiger partial charge < -0.3 is 9.88 Å². The first-order valence-electron chi connectivity index (χ1n) is 9.69. The lowest BCUT2D eigenvalue weighted by molar-refractivity contribution is -0.384. The third kappa shape index (κ3) is 4.57. The van der Waals surface area contributed by atoms with E-state index in [9.17, 15) is 19.7 Å². The lowest BCUT2D eigenvalue weighted by atomic mass is 9.83. The van der Waals surface area contributed by atoms with Crippen LogP contribution in [0.15, 0.2) is 47.3 Å². The lowest BCUT2D eigenvalue weighted by Gasteiger charge is -2.47. The highest BCUT2D eigenvalue weighted by Gasteiger charge is 2.44. The molecule has 1 aromatic carbocycles. The highest BCUT2D eigenvalue weighted by molar-refractivity contribution is 6.68. The van der Waals surface area contributed by atoms with Crippen molar-refractivity contribution in [3.05, 3.63) is 74.2 Å². The van der Waals surface area contributed by atoms with E-state index in [0.29, 0.717) is 19.6 Å². The molecule has 1 aromatic heterocycles. The number of alkyl halides is 3. The Hall–Kier alpha value is -2.13. The Morgan fingerprint density at radius 1 is 1.16 bits per heavy atom. The van der Waals surface area contributed by atoms with Gasteiger partial charge in [0.25, 0.3) is 17.2 Å². The van der Waals surface area contributed by atoms with Crippen molar-refractivity contribution < 1.29 is 9.72 Å². The molecule has 164 valence electrons. The summed E-state index contributed by atoms with van der Waals surface area (Å²) in [5.74, 6) is -0.353. The van der Waals surface area contributed by atoms with E-state index in [-0.39, 0.29) is 28.6 Å². The van der Waals surface area contributed by atoms with Crippen molar-refractivity contribution in [2.24, 2.45) is 5.92 Å². The standard InChI is InChI=1S/C20H19Cl3N4O4/c21-20(22,23)19(24-18(29)13-3-1-4-15(8-13)27(30)31)25-9-12-7-14(11-25)16-5-2-6-17(28)26(16)10-12/h1-6,8,12,14,19H,7,9-11H2,(H,24,29)/t12-,14+,19-/m0/s1. The van der Waals surface area contributed by atoms with Gasteiger partial charge in [-0.15, -0.1) is 0 Å². The monoisotopic (exact) mass is 484 g/mol. The topological polar surface area (TPSA) is 97.5 Å². The number of carbonyl (C=O) groups excluding carboxylic acids is 1. The molecule has 3 heterocycles. The van der Waals surface area contributed by atoms with Crippen LogP contribution >= 0.6 is 34.8 Å². The molecule has 2 aromatic rings. The second-order valence-corrected chi connectivity index (χ2v) is 10.2. The summed E-state index contributed by atoms with van der Waals surface area (Å²) in [4.78, 5) is 37.4. The van der Waals surface area contributed by atoms with Crippen molar-refractivity contribution in [3.8, 4) is 0 Å². The number of rotatable bonds is 4. The Kier molecular flexibility index (Phi) is 6.00. The SMILES string of the molecule is O=C(N[C@@H](N1C[C@@H]2C[C@H](C1)c1cccc(=O)n1C2)C(Cl)(Cl)Cl)c1cccc([N+](=O)[O-])c1. The molecule has 31 heavy (non-hydrogen) atoms. The van der Waals surface area contributed by atoms with Gasteiger partial charge in [-0.3, -0.25) is 24.6 Å². The van der Waals surface area contributed by atoms with Gasteiger partial charge in [0.1, 0.15) is 6.17 Å². The van der Waals surface area contributed by atoms with E-state index in [4.69, 9.17) is 34.8 Å². The normalized spacial score (nSPS) is 21.8. The van der Waals surface area contributed by atoms with E-state index in [0.717, 1.165) is 12.1 Å². The molecule has 0 spiro atoms. The van der Waals surface area contributed by atoms with Gasteiger partial charge in [0.05, 0.1) is 4.92 Å². The first-order valence-corrected chi connectivity index (χ1v) is 10.8.